The SMILES string of the molecule is C=C(CCC)CC(C)CC=O. The molecule has 0 amide bonds. The van der Waals surface area contributed by atoms with Gasteiger partial charge in [-0.15, -0.1) is 0 Å². The highest BCUT2D eigenvalue weighted by Crippen LogP contribution is 2.15. The molecule has 0 aromatic carbocycles. The Morgan fingerprint density at radius 1 is 1.64 bits per heavy atom. The Kier molecular flexibility index (Phi) is 5.81. The zero-order chi connectivity index (χ0) is 8.69. The zero-order valence-electron chi connectivity index (χ0n) is 7.60. The smallest absolute Gasteiger partial charge is 0.120 e. The van der Waals surface area contributed by atoms with Crippen molar-refractivity contribution in [2.24, 2.45) is 5.92 Å². The lowest BCUT2D eigenvalue weighted by molar-refractivity contribution is -0.108. The van der Waals surface area contributed by atoms with E-state index in [1.165, 1.54) is 5.57 Å². The fourth-order valence-electron chi connectivity index (χ4n) is 1.20. The van der Waals surface area contributed by atoms with E-state index >= 15 is 0 Å². The van der Waals surface area contributed by atoms with E-state index in [0.29, 0.717) is 12.3 Å². The van der Waals surface area contributed by atoms with Crippen LogP contribution in [0.2, 0.25) is 0 Å². The Morgan fingerprint density at radius 2 is 2.27 bits per heavy atom. The Hall–Kier alpha value is -0.590. The highest BCUT2D eigenvalue weighted by molar-refractivity contribution is 5.49. The van der Waals surface area contributed by atoms with Gasteiger partial charge in [-0.2, -0.15) is 0 Å². The predicted molar refractivity (Wildman–Crippen MR) is 48.5 cm³/mol. The molecule has 0 aromatic rings. The van der Waals surface area contributed by atoms with Gasteiger partial charge in [-0.3, -0.25) is 0 Å². The first-order valence-electron chi connectivity index (χ1n) is 4.31. The summed E-state index contributed by atoms with van der Waals surface area (Å²) in [7, 11) is 0. The van der Waals surface area contributed by atoms with Gasteiger partial charge in [-0.05, 0) is 18.8 Å². The van der Waals surface area contributed by atoms with Gasteiger partial charge in [0.25, 0.3) is 0 Å². The molecule has 0 aromatic heterocycles. The molecule has 1 atom stereocenters. The van der Waals surface area contributed by atoms with E-state index in [-0.39, 0.29) is 0 Å². The van der Waals surface area contributed by atoms with Crippen LogP contribution in [0.15, 0.2) is 12.2 Å². The molecule has 0 aliphatic heterocycles. The van der Waals surface area contributed by atoms with Crippen molar-refractivity contribution in [3.63, 3.8) is 0 Å². The average molecular weight is 154 g/mol. The van der Waals surface area contributed by atoms with Crippen LogP contribution >= 0.6 is 0 Å². The van der Waals surface area contributed by atoms with Gasteiger partial charge in [0.15, 0.2) is 0 Å². The van der Waals surface area contributed by atoms with Crippen LogP contribution in [0.1, 0.15) is 39.5 Å². The minimum absolute atomic E-state index is 0.478. The Morgan fingerprint density at radius 3 is 2.73 bits per heavy atom. The van der Waals surface area contributed by atoms with Crippen LogP contribution in [-0.4, -0.2) is 6.29 Å². The third kappa shape index (κ3) is 5.84. The molecular formula is C10H18O. The molecule has 64 valence electrons. The van der Waals surface area contributed by atoms with E-state index < -0.39 is 0 Å². The second-order valence-electron chi connectivity index (χ2n) is 3.21. The topological polar surface area (TPSA) is 17.1 Å². The molecule has 1 heteroatoms. The number of hydrogen-bond acceptors (Lipinski definition) is 1. The fourth-order valence-corrected chi connectivity index (χ4v) is 1.20. The summed E-state index contributed by atoms with van der Waals surface area (Å²) >= 11 is 0. The van der Waals surface area contributed by atoms with Gasteiger partial charge in [0.05, 0.1) is 0 Å². The molecule has 0 heterocycles. The number of hydrogen-bond donors (Lipinski definition) is 0. The van der Waals surface area contributed by atoms with Crippen LogP contribution in [0.4, 0.5) is 0 Å². The highest BCUT2D eigenvalue weighted by atomic mass is 16.1. The third-order valence-corrected chi connectivity index (χ3v) is 1.74. The summed E-state index contributed by atoms with van der Waals surface area (Å²) in [5.41, 5.74) is 1.28. The van der Waals surface area contributed by atoms with Gasteiger partial charge in [0.2, 0.25) is 0 Å². The first-order valence-corrected chi connectivity index (χ1v) is 4.31. The number of rotatable bonds is 6. The quantitative estimate of drug-likeness (QED) is 0.424. The van der Waals surface area contributed by atoms with E-state index in [0.717, 1.165) is 25.5 Å². The van der Waals surface area contributed by atoms with Crippen molar-refractivity contribution in [1.29, 1.82) is 0 Å². The molecular weight excluding hydrogens is 136 g/mol. The molecule has 0 radical (unpaired) electrons. The van der Waals surface area contributed by atoms with Gasteiger partial charge in [0.1, 0.15) is 6.29 Å². The summed E-state index contributed by atoms with van der Waals surface area (Å²) in [6, 6.07) is 0. The Balaban J connectivity index is 3.48. The first-order chi connectivity index (χ1) is 5.20. The van der Waals surface area contributed by atoms with Crippen LogP contribution in [0.3, 0.4) is 0 Å². The molecule has 0 aliphatic rings. The van der Waals surface area contributed by atoms with Gasteiger partial charge in [-0.25, -0.2) is 0 Å². The lowest BCUT2D eigenvalue weighted by atomic mass is 9.97. The summed E-state index contributed by atoms with van der Waals surface area (Å²) in [5, 5.41) is 0. The molecule has 1 unspecified atom stereocenters. The van der Waals surface area contributed by atoms with Gasteiger partial charge >= 0.3 is 0 Å². The first kappa shape index (κ1) is 10.4. The zero-order valence-corrected chi connectivity index (χ0v) is 7.60. The summed E-state index contributed by atoms with van der Waals surface area (Å²) in [6.07, 6.45) is 4.93. The van der Waals surface area contributed by atoms with Crippen molar-refractivity contribution in [2.75, 3.05) is 0 Å². The summed E-state index contributed by atoms with van der Waals surface area (Å²) < 4.78 is 0. The Bertz CT molecular complexity index is 127. The normalized spacial score (nSPS) is 12.5. The third-order valence-electron chi connectivity index (χ3n) is 1.74. The van der Waals surface area contributed by atoms with Crippen molar-refractivity contribution in [3.8, 4) is 0 Å². The fraction of sp³-hybridized carbons (Fsp3) is 0.700. The molecule has 0 N–H and O–H groups in total. The molecule has 0 bridgehead atoms. The summed E-state index contributed by atoms with van der Waals surface area (Å²) in [6.45, 7) is 8.19. The predicted octanol–water partition coefficient (Wildman–Crippen LogP) is 2.96. The second-order valence-corrected chi connectivity index (χ2v) is 3.21. The lowest BCUT2D eigenvalue weighted by Gasteiger charge is -2.08. The van der Waals surface area contributed by atoms with Crippen LogP contribution in [0.25, 0.3) is 0 Å². The molecule has 0 spiro atoms. The van der Waals surface area contributed by atoms with E-state index in [9.17, 15) is 4.79 Å². The minimum Gasteiger partial charge on any atom is -0.303 e. The maximum Gasteiger partial charge on any atom is 0.120 e. The van der Waals surface area contributed by atoms with Gasteiger partial charge in [0, 0.05) is 6.42 Å². The van der Waals surface area contributed by atoms with E-state index in [1.54, 1.807) is 0 Å². The maximum atomic E-state index is 10.1. The largest absolute Gasteiger partial charge is 0.303 e. The summed E-state index contributed by atoms with van der Waals surface area (Å²) in [4.78, 5) is 10.1. The van der Waals surface area contributed by atoms with Crippen molar-refractivity contribution in [3.05, 3.63) is 12.2 Å². The number of allylic oxidation sites excluding steroid dienone is 1. The minimum atomic E-state index is 0.478. The molecule has 0 saturated heterocycles. The van der Waals surface area contributed by atoms with Crippen LogP contribution < -0.4 is 0 Å². The molecule has 0 fully saturated rings. The molecule has 0 aliphatic carbocycles. The number of carbonyl (C=O) groups is 1. The maximum absolute atomic E-state index is 10.1. The van der Waals surface area contributed by atoms with Crippen molar-refractivity contribution in [2.45, 2.75) is 39.5 Å². The highest BCUT2D eigenvalue weighted by Gasteiger charge is 2.02. The average Bonchev–Trinajstić information content (AvgIpc) is 1.87. The lowest BCUT2D eigenvalue weighted by Crippen LogP contribution is -1.96. The molecule has 11 heavy (non-hydrogen) atoms. The second kappa shape index (κ2) is 6.14. The number of aldehydes is 1. The van der Waals surface area contributed by atoms with Crippen molar-refractivity contribution < 1.29 is 4.79 Å². The monoisotopic (exact) mass is 154 g/mol. The van der Waals surface area contributed by atoms with E-state index in [4.69, 9.17) is 0 Å². The van der Waals surface area contributed by atoms with E-state index in [1.807, 2.05) is 0 Å². The Labute approximate surface area is 69.5 Å². The van der Waals surface area contributed by atoms with Gasteiger partial charge in [-0.1, -0.05) is 32.4 Å². The summed E-state index contributed by atoms with van der Waals surface area (Å²) in [5.74, 6) is 0.478. The van der Waals surface area contributed by atoms with E-state index in [2.05, 4.69) is 20.4 Å². The standard InChI is InChI=1S/C10H18O/c1-4-5-9(2)8-10(3)6-7-11/h7,10H,2,4-6,8H2,1,3H3. The molecule has 0 rings (SSSR count). The van der Waals surface area contributed by atoms with Crippen molar-refractivity contribution >= 4 is 6.29 Å². The van der Waals surface area contributed by atoms with Gasteiger partial charge < -0.3 is 4.79 Å². The molecule has 0 saturated carbocycles. The number of carbonyl (C=O) groups excluding carboxylic acids is 1. The molecule has 1 nitrogen and oxygen atoms in total. The van der Waals surface area contributed by atoms with Crippen molar-refractivity contribution in [1.82, 2.24) is 0 Å². The van der Waals surface area contributed by atoms with Crippen LogP contribution in [0.5, 0.6) is 0 Å². The van der Waals surface area contributed by atoms with Crippen LogP contribution in [0, 0.1) is 5.92 Å². The van der Waals surface area contributed by atoms with Crippen LogP contribution in [-0.2, 0) is 4.79 Å².